The highest BCUT2D eigenvalue weighted by molar-refractivity contribution is 6.24. The predicted molar refractivity (Wildman–Crippen MR) is 136 cm³/mol. The van der Waals surface area contributed by atoms with E-state index in [9.17, 15) is 39.6 Å². The highest BCUT2D eigenvalue weighted by Gasteiger charge is 2.64. The van der Waals surface area contributed by atoms with Crippen LogP contribution in [0.3, 0.4) is 0 Å². The molecule has 11 nitrogen and oxygen atoms in total. The fourth-order valence-electron chi connectivity index (χ4n) is 7.19. The van der Waals surface area contributed by atoms with Gasteiger partial charge in [-0.25, -0.2) is 0 Å². The van der Waals surface area contributed by atoms with Gasteiger partial charge in [0.15, 0.2) is 11.4 Å². The van der Waals surface area contributed by atoms with E-state index in [4.69, 9.17) is 5.73 Å². The van der Waals surface area contributed by atoms with Crippen molar-refractivity contribution in [2.45, 2.75) is 50.2 Å². The molecule has 206 valence electrons. The third-order valence-electron chi connectivity index (χ3n) is 9.25. The molecule has 11 heteroatoms. The summed E-state index contributed by atoms with van der Waals surface area (Å²) in [5.74, 6) is -6.36. The lowest BCUT2D eigenvalue weighted by molar-refractivity contribution is -0.156. The number of nitrogens with two attached hydrogens (primary N) is 1. The van der Waals surface area contributed by atoms with Gasteiger partial charge in [-0.1, -0.05) is 6.07 Å². The van der Waals surface area contributed by atoms with Gasteiger partial charge in [0.05, 0.1) is 11.6 Å². The molecule has 3 fully saturated rings. The summed E-state index contributed by atoms with van der Waals surface area (Å²) in [5, 5.41) is 45.0. The van der Waals surface area contributed by atoms with Crippen molar-refractivity contribution < 1.29 is 39.6 Å². The molecule has 0 unspecified atom stereocenters. The first-order valence-corrected chi connectivity index (χ1v) is 13.3. The topological polar surface area (TPSA) is 182 Å². The Bertz CT molecular complexity index is 1400. The molecule has 0 radical (unpaired) electrons. The summed E-state index contributed by atoms with van der Waals surface area (Å²) in [6.45, 7) is 2.58. The number of piperazine rings is 1. The van der Waals surface area contributed by atoms with Gasteiger partial charge in [-0.05, 0) is 54.7 Å². The van der Waals surface area contributed by atoms with Crippen LogP contribution in [0.4, 0.5) is 0 Å². The second-order valence-electron chi connectivity index (χ2n) is 11.3. The Morgan fingerprint density at radius 1 is 1.03 bits per heavy atom. The molecule has 6 rings (SSSR count). The molecule has 0 spiro atoms. The lowest BCUT2D eigenvalue weighted by Crippen LogP contribution is -2.68. The molecule has 4 aliphatic carbocycles. The van der Waals surface area contributed by atoms with Gasteiger partial charge in [0.25, 0.3) is 5.91 Å². The number of ketones is 2. The zero-order chi connectivity index (χ0) is 28.0. The first-order valence-electron chi connectivity index (χ1n) is 13.3. The summed E-state index contributed by atoms with van der Waals surface area (Å²) in [6.07, 6.45) is 2.33. The number of carbonyl (C=O) groups excluding carboxylic acids is 4. The summed E-state index contributed by atoms with van der Waals surface area (Å²) in [4.78, 5) is 55.2. The molecule has 39 heavy (non-hydrogen) atoms. The number of phenols is 1. The number of Topliss-reactive ketones (excluding diaryl/α,β-unsaturated/α-hetero) is 2. The van der Waals surface area contributed by atoms with Gasteiger partial charge in [-0.3, -0.25) is 24.1 Å². The molecular formula is C28H31N3O8. The molecule has 6 N–H and O–H groups in total. The molecule has 1 aromatic rings. The Labute approximate surface area is 224 Å². The first kappa shape index (κ1) is 25.6. The largest absolute Gasteiger partial charge is 0.508 e. The van der Waals surface area contributed by atoms with E-state index in [1.807, 2.05) is 6.07 Å². The molecule has 4 atom stereocenters. The third kappa shape index (κ3) is 3.56. The van der Waals surface area contributed by atoms with E-state index in [1.54, 1.807) is 9.80 Å². The fraction of sp³-hybridized carbons (Fsp3) is 0.500. The summed E-state index contributed by atoms with van der Waals surface area (Å²) >= 11 is 0. The maximum absolute atomic E-state index is 14.1. The van der Waals surface area contributed by atoms with Crippen molar-refractivity contribution in [3.63, 3.8) is 0 Å². The molecule has 1 saturated heterocycles. The normalized spacial score (nSPS) is 31.1. The summed E-state index contributed by atoms with van der Waals surface area (Å²) in [7, 11) is 0. The van der Waals surface area contributed by atoms with Crippen molar-refractivity contribution >= 4 is 29.1 Å². The van der Waals surface area contributed by atoms with Gasteiger partial charge >= 0.3 is 0 Å². The van der Waals surface area contributed by atoms with Crippen LogP contribution in [0.1, 0.15) is 48.8 Å². The number of fused-ring (bicyclic) bond motifs is 3. The number of carbonyl (C=O) groups is 4. The zero-order valence-electron chi connectivity index (χ0n) is 21.5. The van der Waals surface area contributed by atoms with Crippen LogP contribution in [-0.4, -0.2) is 91.4 Å². The van der Waals surface area contributed by atoms with Crippen molar-refractivity contribution in [3.8, 4) is 5.75 Å². The van der Waals surface area contributed by atoms with E-state index in [0.717, 1.165) is 24.0 Å². The first-order chi connectivity index (χ1) is 18.5. The number of hydrogen-bond donors (Lipinski definition) is 5. The summed E-state index contributed by atoms with van der Waals surface area (Å²) in [5.41, 5.74) is 3.68. The number of amides is 2. The van der Waals surface area contributed by atoms with Crippen LogP contribution in [0.15, 0.2) is 29.0 Å². The minimum Gasteiger partial charge on any atom is -0.508 e. The monoisotopic (exact) mass is 537 g/mol. The number of aliphatic hydroxyl groups excluding tert-OH is 2. The Hall–Kier alpha value is -3.70. The van der Waals surface area contributed by atoms with Gasteiger partial charge in [0, 0.05) is 44.6 Å². The molecule has 0 aromatic heterocycles. The van der Waals surface area contributed by atoms with Crippen LogP contribution in [0.5, 0.6) is 5.75 Å². The van der Waals surface area contributed by atoms with Gasteiger partial charge in [-0.2, -0.15) is 0 Å². The van der Waals surface area contributed by atoms with Crippen molar-refractivity contribution in [1.82, 2.24) is 9.80 Å². The molecular weight excluding hydrogens is 506 g/mol. The standard InChI is InChI=1S/C28H31N3O8/c1-12(32)30-6-8-31(9-7-30)22-17-11-14-10-16-15(13-2-3-13)4-5-18(33)20(16)23(34)19(14)25(36)28(17,39)26(37)21(24(22)35)27(29)38/h4-5,13-14,17,22,33-34,37,39H,2-3,6-11H2,1H3,(H2,29,38)/t14-,17-,22+,28-/m0/s1. The van der Waals surface area contributed by atoms with Crippen molar-refractivity contribution in [3.05, 3.63) is 45.7 Å². The number of aromatic hydroxyl groups is 1. The highest BCUT2D eigenvalue weighted by Crippen LogP contribution is 2.54. The van der Waals surface area contributed by atoms with Crippen LogP contribution in [0, 0.1) is 11.8 Å². The Balaban J connectivity index is 1.48. The summed E-state index contributed by atoms with van der Waals surface area (Å²) < 4.78 is 0. The zero-order valence-corrected chi connectivity index (χ0v) is 21.5. The lowest BCUT2D eigenvalue weighted by Gasteiger charge is -2.52. The maximum atomic E-state index is 14.1. The van der Waals surface area contributed by atoms with Crippen LogP contribution < -0.4 is 5.73 Å². The average molecular weight is 538 g/mol. The number of primary amides is 1. The number of nitrogens with zero attached hydrogens (tertiary/aromatic N) is 2. The van der Waals surface area contributed by atoms with Crippen LogP contribution >= 0.6 is 0 Å². The molecule has 5 aliphatic rings. The number of aliphatic hydroxyl groups is 3. The quantitative estimate of drug-likeness (QED) is 0.342. The van der Waals surface area contributed by atoms with Gasteiger partial charge in [0.1, 0.15) is 22.8 Å². The number of hydrogen-bond acceptors (Lipinski definition) is 9. The van der Waals surface area contributed by atoms with E-state index in [2.05, 4.69) is 0 Å². The van der Waals surface area contributed by atoms with Crippen molar-refractivity contribution in [1.29, 1.82) is 0 Å². The Morgan fingerprint density at radius 3 is 2.28 bits per heavy atom. The fourth-order valence-corrected chi connectivity index (χ4v) is 7.19. The van der Waals surface area contributed by atoms with Crippen molar-refractivity contribution in [2.24, 2.45) is 17.6 Å². The SMILES string of the molecule is CC(=O)N1CCN([C@H]2C(=O)C(C(N)=O)=C(O)[C@@]3(O)C(=O)C4=C(O)c5c(O)ccc(C6CC6)c5C[C@H]4C[C@@H]23)CC1. The van der Waals surface area contributed by atoms with Gasteiger partial charge in [-0.15, -0.1) is 0 Å². The third-order valence-corrected chi connectivity index (χ3v) is 9.25. The Kier molecular flexibility index (Phi) is 5.67. The highest BCUT2D eigenvalue weighted by atomic mass is 16.3. The second kappa shape index (κ2) is 8.65. The molecule has 2 amide bonds. The van der Waals surface area contributed by atoms with Gasteiger partial charge in [0.2, 0.25) is 11.7 Å². The van der Waals surface area contributed by atoms with Crippen LogP contribution in [-0.2, 0) is 25.6 Å². The average Bonchev–Trinajstić information content (AvgIpc) is 3.72. The summed E-state index contributed by atoms with van der Waals surface area (Å²) in [6, 6.07) is 2.16. The minimum absolute atomic E-state index is 0.0558. The molecule has 1 aromatic carbocycles. The minimum atomic E-state index is -2.68. The van der Waals surface area contributed by atoms with Crippen LogP contribution in [0.2, 0.25) is 0 Å². The smallest absolute Gasteiger partial charge is 0.255 e. The lowest BCUT2D eigenvalue weighted by atomic mass is 9.57. The molecule has 1 heterocycles. The molecule has 1 aliphatic heterocycles. The van der Waals surface area contributed by atoms with E-state index in [-0.39, 0.29) is 42.3 Å². The van der Waals surface area contributed by atoms with Gasteiger partial charge < -0.3 is 31.1 Å². The second-order valence-corrected chi connectivity index (χ2v) is 11.3. The number of rotatable bonds is 3. The molecule has 2 saturated carbocycles. The van der Waals surface area contributed by atoms with E-state index in [0.29, 0.717) is 25.4 Å². The maximum Gasteiger partial charge on any atom is 0.255 e. The van der Waals surface area contributed by atoms with E-state index >= 15 is 0 Å². The Morgan fingerprint density at radius 2 is 1.69 bits per heavy atom. The molecule has 0 bridgehead atoms. The van der Waals surface area contributed by atoms with Crippen LogP contribution in [0.25, 0.3) is 5.76 Å². The van der Waals surface area contributed by atoms with E-state index < -0.39 is 58.0 Å². The number of benzene rings is 1. The number of phenolic OH excluding ortho intramolecular Hbond substituents is 1. The van der Waals surface area contributed by atoms with Crippen molar-refractivity contribution in [2.75, 3.05) is 26.2 Å². The predicted octanol–water partition coefficient (Wildman–Crippen LogP) is 0.444. The van der Waals surface area contributed by atoms with E-state index in [1.165, 1.54) is 13.0 Å².